The van der Waals surface area contributed by atoms with E-state index >= 15 is 0 Å². The Morgan fingerprint density at radius 1 is 1.14 bits per heavy atom. The molecule has 0 aromatic heterocycles. The van der Waals surface area contributed by atoms with E-state index in [1.165, 1.54) is 6.07 Å². The number of anilines is 1. The van der Waals surface area contributed by atoms with Gasteiger partial charge in [-0.2, -0.15) is 0 Å². The summed E-state index contributed by atoms with van der Waals surface area (Å²) in [4.78, 5) is 23.7. The summed E-state index contributed by atoms with van der Waals surface area (Å²) in [6.07, 6.45) is 1.19. The molecule has 1 aliphatic carbocycles. The summed E-state index contributed by atoms with van der Waals surface area (Å²) in [7, 11) is 0. The molecule has 144 valence electrons. The van der Waals surface area contributed by atoms with Crippen molar-refractivity contribution in [3.8, 4) is 0 Å². The number of rotatable bonds is 3. The molecule has 6 nitrogen and oxygen atoms in total. The van der Waals surface area contributed by atoms with Gasteiger partial charge in [-0.25, -0.2) is 18.4 Å². The average Bonchev–Trinajstić information content (AvgIpc) is 3.12. The molecular weight excluding hydrogens is 366 g/mol. The maximum absolute atomic E-state index is 13.6. The van der Waals surface area contributed by atoms with Crippen LogP contribution in [0.4, 0.5) is 24.1 Å². The summed E-state index contributed by atoms with van der Waals surface area (Å²) in [5.74, 6) is -1.42. The number of benzene rings is 2. The van der Waals surface area contributed by atoms with Crippen LogP contribution in [-0.2, 0) is 19.4 Å². The van der Waals surface area contributed by atoms with Crippen molar-refractivity contribution in [3.05, 3.63) is 77.0 Å². The number of fused-ring (bicyclic) bond motifs is 1. The summed E-state index contributed by atoms with van der Waals surface area (Å²) in [5.41, 5.74) is 2.49. The van der Waals surface area contributed by atoms with Gasteiger partial charge >= 0.3 is 12.1 Å². The van der Waals surface area contributed by atoms with Crippen LogP contribution in [0.2, 0.25) is 0 Å². The van der Waals surface area contributed by atoms with E-state index in [1.807, 2.05) is 12.1 Å². The van der Waals surface area contributed by atoms with Gasteiger partial charge in [0, 0.05) is 29.8 Å². The minimum atomic E-state index is -0.712. The van der Waals surface area contributed by atoms with Crippen molar-refractivity contribution in [2.75, 3.05) is 5.32 Å². The zero-order valence-corrected chi connectivity index (χ0v) is 14.9. The van der Waals surface area contributed by atoms with Crippen molar-refractivity contribution < 1.29 is 18.4 Å². The Kier molecular flexibility index (Phi) is 4.26. The standard InChI is InChI=1S/C20H18F2N4O2/c1-11-20(26-19(28)24-11)8-12-5-6-14(7-13(12)9-20)25-18(27)23-10-15-16(21)3-2-4-17(15)22/h2-7H,1,8-10H2,(H2,23,25,27)(H2,24,26,28). The van der Waals surface area contributed by atoms with E-state index in [0.29, 0.717) is 24.2 Å². The maximum Gasteiger partial charge on any atom is 0.319 e. The summed E-state index contributed by atoms with van der Waals surface area (Å²) >= 11 is 0. The van der Waals surface area contributed by atoms with Crippen LogP contribution in [0.1, 0.15) is 16.7 Å². The number of carbonyl (C=O) groups is 2. The number of halogens is 2. The van der Waals surface area contributed by atoms with Crippen LogP contribution in [0.5, 0.6) is 0 Å². The van der Waals surface area contributed by atoms with Crippen LogP contribution in [0.3, 0.4) is 0 Å². The number of urea groups is 2. The summed E-state index contributed by atoms with van der Waals surface area (Å²) < 4.78 is 27.3. The van der Waals surface area contributed by atoms with Gasteiger partial charge in [-0.1, -0.05) is 18.7 Å². The van der Waals surface area contributed by atoms with Gasteiger partial charge in [0.2, 0.25) is 0 Å². The van der Waals surface area contributed by atoms with Crippen LogP contribution >= 0.6 is 0 Å². The molecule has 0 bridgehead atoms. The highest BCUT2D eigenvalue weighted by Crippen LogP contribution is 2.37. The van der Waals surface area contributed by atoms with Gasteiger partial charge < -0.3 is 21.3 Å². The van der Waals surface area contributed by atoms with Gasteiger partial charge in [-0.15, -0.1) is 0 Å². The lowest BCUT2D eigenvalue weighted by Crippen LogP contribution is -2.42. The molecule has 1 atom stereocenters. The van der Waals surface area contributed by atoms with E-state index in [4.69, 9.17) is 0 Å². The first-order chi connectivity index (χ1) is 13.4. The molecule has 1 fully saturated rings. The third kappa shape index (κ3) is 3.17. The Morgan fingerprint density at radius 3 is 2.54 bits per heavy atom. The predicted molar refractivity (Wildman–Crippen MR) is 99.6 cm³/mol. The highest BCUT2D eigenvalue weighted by molar-refractivity contribution is 5.89. The molecule has 2 aromatic carbocycles. The largest absolute Gasteiger partial charge is 0.334 e. The highest BCUT2D eigenvalue weighted by Gasteiger charge is 2.45. The minimum absolute atomic E-state index is 0.198. The molecule has 4 rings (SSSR count). The van der Waals surface area contributed by atoms with Gasteiger partial charge in [0.25, 0.3) is 0 Å². The quantitative estimate of drug-likeness (QED) is 0.656. The molecule has 0 radical (unpaired) electrons. The zero-order chi connectivity index (χ0) is 19.9. The SMILES string of the molecule is C=C1NC(=O)NC12Cc1ccc(NC(=O)NCc3c(F)cccc3F)cc1C2. The molecule has 1 spiro atoms. The number of nitrogens with one attached hydrogen (secondary N) is 4. The number of carbonyl (C=O) groups excluding carboxylic acids is 2. The third-order valence-corrected chi connectivity index (χ3v) is 5.13. The fourth-order valence-electron chi connectivity index (χ4n) is 3.68. The topological polar surface area (TPSA) is 82.3 Å². The number of hydrogen-bond acceptors (Lipinski definition) is 2. The normalized spacial score (nSPS) is 19.9. The first kappa shape index (κ1) is 18.0. The second-order valence-corrected chi connectivity index (χ2v) is 6.98. The third-order valence-electron chi connectivity index (χ3n) is 5.13. The average molecular weight is 384 g/mol. The van der Waals surface area contributed by atoms with Crippen LogP contribution < -0.4 is 21.3 Å². The van der Waals surface area contributed by atoms with E-state index in [1.54, 1.807) is 6.07 Å². The first-order valence-corrected chi connectivity index (χ1v) is 8.74. The van der Waals surface area contributed by atoms with Gasteiger partial charge in [-0.3, -0.25) is 0 Å². The van der Waals surface area contributed by atoms with Crippen molar-refractivity contribution in [1.82, 2.24) is 16.0 Å². The van der Waals surface area contributed by atoms with Crippen molar-refractivity contribution in [3.63, 3.8) is 0 Å². The molecule has 28 heavy (non-hydrogen) atoms. The minimum Gasteiger partial charge on any atom is -0.334 e. The summed E-state index contributed by atoms with van der Waals surface area (Å²) in [5, 5.41) is 10.7. The van der Waals surface area contributed by atoms with Crippen molar-refractivity contribution in [2.45, 2.75) is 24.9 Å². The van der Waals surface area contributed by atoms with Gasteiger partial charge in [0.1, 0.15) is 11.6 Å². The molecule has 4 amide bonds. The van der Waals surface area contributed by atoms with Crippen LogP contribution in [-0.4, -0.2) is 17.6 Å². The van der Waals surface area contributed by atoms with Crippen molar-refractivity contribution in [1.29, 1.82) is 0 Å². The zero-order valence-electron chi connectivity index (χ0n) is 14.9. The Balaban J connectivity index is 1.41. The summed E-state index contributed by atoms with van der Waals surface area (Å²) in [6, 6.07) is 8.15. The van der Waals surface area contributed by atoms with Gasteiger partial charge in [0.15, 0.2) is 0 Å². The Labute approximate surface area is 160 Å². The second kappa shape index (κ2) is 6.63. The van der Waals surface area contributed by atoms with Crippen LogP contribution in [0.15, 0.2) is 48.7 Å². The lowest BCUT2D eigenvalue weighted by atomic mass is 9.94. The Hall–Kier alpha value is -3.42. The highest BCUT2D eigenvalue weighted by atomic mass is 19.1. The van der Waals surface area contributed by atoms with Gasteiger partial charge in [-0.05, 0) is 35.4 Å². The molecule has 1 aliphatic heterocycles. The molecule has 2 aliphatic rings. The van der Waals surface area contributed by atoms with Crippen LogP contribution in [0, 0.1) is 11.6 Å². The molecule has 1 heterocycles. The second-order valence-electron chi connectivity index (χ2n) is 6.98. The lowest BCUT2D eigenvalue weighted by molar-refractivity contribution is 0.244. The van der Waals surface area contributed by atoms with E-state index in [-0.39, 0.29) is 18.1 Å². The van der Waals surface area contributed by atoms with Gasteiger partial charge in [0.05, 0.1) is 12.1 Å². The molecule has 4 N–H and O–H groups in total. The lowest BCUT2D eigenvalue weighted by Gasteiger charge is -2.22. The predicted octanol–water partition coefficient (Wildman–Crippen LogP) is 2.95. The molecule has 2 aromatic rings. The monoisotopic (exact) mass is 384 g/mol. The fraction of sp³-hybridized carbons (Fsp3) is 0.200. The Morgan fingerprint density at radius 2 is 1.86 bits per heavy atom. The van der Waals surface area contributed by atoms with E-state index in [0.717, 1.165) is 23.3 Å². The van der Waals surface area contributed by atoms with Crippen LogP contribution in [0.25, 0.3) is 0 Å². The fourth-order valence-corrected chi connectivity index (χ4v) is 3.68. The smallest absolute Gasteiger partial charge is 0.319 e. The molecule has 1 unspecified atom stereocenters. The molecule has 1 saturated heterocycles. The number of hydrogen-bond donors (Lipinski definition) is 4. The molecule has 8 heteroatoms. The van der Waals surface area contributed by atoms with E-state index < -0.39 is 23.2 Å². The molecule has 0 saturated carbocycles. The van der Waals surface area contributed by atoms with E-state index in [2.05, 4.69) is 27.8 Å². The van der Waals surface area contributed by atoms with E-state index in [9.17, 15) is 18.4 Å². The first-order valence-electron chi connectivity index (χ1n) is 8.74. The Bertz CT molecular complexity index is 987. The number of amides is 4. The van der Waals surface area contributed by atoms with Crippen molar-refractivity contribution >= 4 is 17.7 Å². The molecular formula is C20H18F2N4O2. The summed E-state index contributed by atoms with van der Waals surface area (Å²) in [6.45, 7) is 3.66. The maximum atomic E-state index is 13.6. The van der Waals surface area contributed by atoms with Crippen molar-refractivity contribution in [2.24, 2.45) is 0 Å².